The SMILES string of the molecule is Cc1ccn(Cc2ccc(C(=O)O)cc2)n1. The van der Waals surface area contributed by atoms with Gasteiger partial charge in [0.25, 0.3) is 0 Å². The molecule has 1 aromatic heterocycles. The van der Waals surface area contributed by atoms with Crippen molar-refractivity contribution in [3.05, 3.63) is 53.3 Å². The highest BCUT2D eigenvalue weighted by atomic mass is 16.4. The summed E-state index contributed by atoms with van der Waals surface area (Å²) in [6, 6.07) is 8.76. The summed E-state index contributed by atoms with van der Waals surface area (Å²) in [5.74, 6) is -0.901. The van der Waals surface area contributed by atoms with Crippen molar-refractivity contribution in [2.24, 2.45) is 0 Å². The van der Waals surface area contributed by atoms with Crippen LogP contribution in [0.2, 0.25) is 0 Å². The van der Waals surface area contributed by atoms with Gasteiger partial charge in [0, 0.05) is 6.20 Å². The molecule has 0 saturated carbocycles. The lowest BCUT2D eigenvalue weighted by molar-refractivity contribution is 0.0697. The van der Waals surface area contributed by atoms with Crippen molar-refractivity contribution in [3.8, 4) is 0 Å². The number of benzene rings is 1. The third kappa shape index (κ3) is 2.28. The minimum atomic E-state index is -0.901. The Kier molecular flexibility index (Phi) is 2.72. The van der Waals surface area contributed by atoms with Crippen molar-refractivity contribution in [1.29, 1.82) is 0 Å². The monoisotopic (exact) mass is 216 g/mol. The van der Waals surface area contributed by atoms with Crippen molar-refractivity contribution in [2.75, 3.05) is 0 Å². The number of aromatic nitrogens is 2. The smallest absolute Gasteiger partial charge is 0.335 e. The van der Waals surface area contributed by atoms with Crippen LogP contribution < -0.4 is 0 Å². The molecule has 0 atom stereocenters. The fourth-order valence-corrected chi connectivity index (χ4v) is 1.49. The zero-order valence-corrected chi connectivity index (χ0v) is 8.92. The number of rotatable bonds is 3. The Morgan fingerprint density at radius 3 is 2.50 bits per heavy atom. The van der Waals surface area contributed by atoms with E-state index in [2.05, 4.69) is 5.10 Å². The lowest BCUT2D eigenvalue weighted by Crippen LogP contribution is -2.01. The first kappa shape index (κ1) is 10.4. The number of hydrogen-bond donors (Lipinski definition) is 1. The van der Waals surface area contributed by atoms with Gasteiger partial charge >= 0.3 is 5.97 Å². The lowest BCUT2D eigenvalue weighted by atomic mass is 10.1. The van der Waals surface area contributed by atoms with E-state index in [4.69, 9.17) is 5.11 Å². The van der Waals surface area contributed by atoms with Gasteiger partial charge in [0.05, 0.1) is 17.8 Å². The zero-order valence-electron chi connectivity index (χ0n) is 8.92. The van der Waals surface area contributed by atoms with E-state index in [0.29, 0.717) is 12.1 Å². The molecule has 0 aliphatic carbocycles. The molecule has 0 spiro atoms. The molecule has 0 radical (unpaired) electrons. The Bertz CT molecular complexity index is 500. The molecule has 0 saturated heterocycles. The molecule has 2 rings (SSSR count). The summed E-state index contributed by atoms with van der Waals surface area (Å²) in [5.41, 5.74) is 2.32. The van der Waals surface area contributed by atoms with E-state index in [-0.39, 0.29) is 0 Å². The number of aryl methyl sites for hydroxylation is 1. The molecule has 0 aliphatic rings. The molecule has 0 aliphatic heterocycles. The first-order chi connectivity index (χ1) is 7.65. The van der Waals surface area contributed by atoms with Crippen molar-refractivity contribution >= 4 is 5.97 Å². The number of carbonyl (C=O) groups is 1. The highest BCUT2D eigenvalue weighted by Crippen LogP contribution is 2.06. The van der Waals surface area contributed by atoms with Gasteiger partial charge in [0.2, 0.25) is 0 Å². The van der Waals surface area contributed by atoms with Gasteiger partial charge in [-0.25, -0.2) is 4.79 Å². The molecule has 82 valence electrons. The molecular weight excluding hydrogens is 204 g/mol. The van der Waals surface area contributed by atoms with Crippen LogP contribution in [0.3, 0.4) is 0 Å². The number of aromatic carboxylic acids is 1. The van der Waals surface area contributed by atoms with Gasteiger partial charge in [-0.15, -0.1) is 0 Å². The van der Waals surface area contributed by atoms with Gasteiger partial charge in [0.1, 0.15) is 0 Å². The summed E-state index contributed by atoms with van der Waals surface area (Å²) in [6.07, 6.45) is 1.90. The van der Waals surface area contributed by atoms with E-state index in [1.165, 1.54) is 0 Å². The molecule has 0 fully saturated rings. The maximum Gasteiger partial charge on any atom is 0.335 e. The molecule has 1 N–H and O–H groups in total. The van der Waals surface area contributed by atoms with Gasteiger partial charge in [0.15, 0.2) is 0 Å². The summed E-state index contributed by atoms with van der Waals surface area (Å²) < 4.78 is 1.82. The highest BCUT2D eigenvalue weighted by Gasteiger charge is 2.02. The maximum absolute atomic E-state index is 10.7. The number of hydrogen-bond acceptors (Lipinski definition) is 2. The fraction of sp³-hybridized carbons (Fsp3) is 0.167. The first-order valence-corrected chi connectivity index (χ1v) is 4.97. The Labute approximate surface area is 93.1 Å². The van der Waals surface area contributed by atoms with E-state index in [1.807, 2.05) is 23.9 Å². The van der Waals surface area contributed by atoms with Crippen molar-refractivity contribution in [2.45, 2.75) is 13.5 Å². The molecule has 1 aromatic carbocycles. The van der Waals surface area contributed by atoms with Crippen LogP contribution in [-0.2, 0) is 6.54 Å². The number of carboxylic acid groups (broad SMARTS) is 1. The van der Waals surface area contributed by atoms with Crippen LogP contribution in [0.25, 0.3) is 0 Å². The second-order valence-corrected chi connectivity index (χ2v) is 3.66. The van der Waals surface area contributed by atoms with Crippen molar-refractivity contribution in [1.82, 2.24) is 9.78 Å². The second-order valence-electron chi connectivity index (χ2n) is 3.66. The van der Waals surface area contributed by atoms with Crippen LogP contribution in [0.4, 0.5) is 0 Å². The molecule has 0 bridgehead atoms. The van der Waals surface area contributed by atoms with E-state index < -0.39 is 5.97 Å². The Balaban J connectivity index is 2.14. The van der Waals surface area contributed by atoms with Gasteiger partial charge in [-0.3, -0.25) is 4.68 Å². The van der Waals surface area contributed by atoms with Crippen LogP contribution in [0.15, 0.2) is 36.5 Å². The molecule has 4 heteroatoms. The average Bonchev–Trinajstić information content (AvgIpc) is 2.65. The zero-order chi connectivity index (χ0) is 11.5. The van der Waals surface area contributed by atoms with Gasteiger partial charge in [-0.1, -0.05) is 12.1 Å². The highest BCUT2D eigenvalue weighted by molar-refractivity contribution is 5.87. The predicted molar refractivity (Wildman–Crippen MR) is 59.5 cm³/mol. The minimum absolute atomic E-state index is 0.306. The van der Waals surface area contributed by atoms with E-state index in [1.54, 1.807) is 24.3 Å². The summed E-state index contributed by atoms with van der Waals surface area (Å²) in [6.45, 7) is 2.60. The fourth-order valence-electron chi connectivity index (χ4n) is 1.49. The number of carboxylic acids is 1. The van der Waals surface area contributed by atoms with Crippen LogP contribution >= 0.6 is 0 Å². The predicted octanol–water partition coefficient (Wildman–Crippen LogP) is 1.94. The summed E-state index contributed by atoms with van der Waals surface area (Å²) >= 11 is 0. The third-order valence-corrected chi connectivity index (χ3v) is 2.32. The van der Waals surface area contributed by atoms with E-state index >= 15 is 0 Å². The minimum Gasteiger partial charge on any atom is -0.478 e. The van der Waals surface area contributed by atoms with Crippen molar-refractivity contribution in [3.63, 3.8) is 0 Å². The van der Waals surface area contributed by atoms with Crippen LogP contribution in [0.1, 0.15) is 21.6 Å². The Morgan fingerprint density at radius 1 is 1.31 bits per heavy atom. The quantitative estimate of drug-likeness (QED) is 0.853. The second kappa shape index (κ2) is 4.18. The topological polar surface area (TPSA) is 55.1 Å². The summed E-state index contributed by atoms with van der Waals surface area (Å²) in [7, 11) is 0. The Hall–Kier alpha value is -2.10. The van der Waals surface area contributed by atoms with E-state index in [9.17, 15) is 4.79 Å². The third-order valence-electron chi connectivity index (χ3n) is 2.32. The largest absolute Gasteiger partial charge is 0.478 e. The average molecular weight is 216 g/mol. The molecule has 2 aromatic rings. The van der Waals surface area contributed by atoms with Gasteiger partial charge < -0.3 is 5.11 Å². The van der Waals surface area contributed by atoms with Crippen LogP contribution in [-0.4, -0.2) is 20.9 Å². The van der Waals surface area contributed by atoms with Gasteiger partial charge in [-0.05, 0) is 30.7 Å². The van der Waals surface area contributed by atoms with E-state index in [0.717, 1.165) is 11.3 Å². The van der Waals surface area contributed by atoms with Crippen molar-refractivity contribution < 1.29 is 9.90 Å². The number of nitrogens with zero attached hydrogens (tertiary/aromatic N) is 2. The van der Waals surface area contributed by atoms with Crippen LogP contribution in [0, 0.1) is 6.92 Å². The summed E-state index contributed by atoms with van der Waals surface area (Å²) in [5, 5.41) is 13.0. The molecular formula is C12H12N2O2. The summed E-state index contributed by atoms with van der Waals surface area (Å²) in [4.78, 5) is 10.7. The van der Waals surface area contributed by atoms with Gasteiger partial charge in [-0.2, -0.15) is 5.10 Å². The first-order valence-electron chi connectivity index (χ1n) is 4.97. The normalized spacial score (nSPS) is 10.3. The molecule has 0 unspecified atom stereocenters. The standard InChI is InChI=1S/C12H12N2O2/c1-9-6-7-14(13-9)8-10-2-4-11(5-3-10)12(15)16/h2-7H,8H2,1H3,(H,15,16). The molecule has 0 amide bonds. The molecule has 1 heterocycles. The lowest BCUT2D eigenvalue weighted by Gasteiger charge is -2.02. The maximum atomic E-state index is 10.7. The molecule has 4 nitrogen and oxygen atoms in total. The van der Waals surface area contributed by atoms with Crippen LogP contribution in [0.5, 0.6) is 0 Å². The molecule has 16 heavy (non-hydrogen) atoms. The Morgan fingerprint density at radius 2 is 2.00 bits per heavy atom.